The molecule has 6 heteroatoms. The number of hydrogen-bond donors (Lipinski definition) is 2. The minimum absolute atomic E-state index is 0.0802. The fourth-order valence-electron chi connectivity index (χ4n) is 2.37. The molecule has 0 aliphatic carbocycles. The van der Waals surface area contributed by atoms with Gasteiger partial charge in [0.1, 0.15) is 17.5 Å². The fourth-order valence-corrected chi connectivity index (χ4v) is 2.68. The van der Waals surface area contributed by atoms with Gasteiger partial charge in [0.05, 0.1) is 19.9 Å². The van der Waals surface area contributed by atoms with Gasteiger partial charge >= 0.3 is 0 Å². The van der Waals surface area contributed by atoms with Crippen molar-refractivity contribution in [2.75, 3.05) is 26.1 Å². The average molecular weight is 350 g/mol. The molecule has 0 unspecified atom stereocenters. The lowest BCUT2D eigenvalue weighted by Crippen LogP contribution is -2.86. The maximum atomic E-state index is 12.2. The Morgan fingerprint density at radius 3 is 2.62 bits per heavy atom. The van der Waals surface area contributed by atoms with Gasteiger partial charge in [-0.05, 0) is 25.1 Å². The number of amides is 1. The minimum Gasteiger partial charge on any atom is -0.497 e. The maximum Gasteiger partial charge on any atom is 0.279 e. The SMILES string of the molecule is COc1ccc(OC)c(NC(=O)C[NH2+][C@H](C)c2ccccc2Cl)c1. The monoisotopic (exact) mass is 349 g/mol. The predicted molar refractivity (Wildman–Crippen MR) is 94.8 cm³/mol. The second kappa shape index (κ2) is 8.57. The normalized spacial score (nSPS) is 11.7. The quantitative estimate of drug-likeness (QED) is 0.807. The highest BCUT2D eigenvalue weighted by Crippen LogP contribution is 2.28. The number of rotatable bonds is 7. The molecule has 1 atom stereocenters. The van der Waals surface area contributed by atoms with Gasteiger partial charge in [0, 0.05) is 16.7 Å². The van der Waals surface area contributed by atoms with E-state index in [1.165, 1.54) is 0 Å². The molecule has 0 saturated heterocycles. The number of ether oxygens (including phenoxy) is 2. The van der Waals surface area contributed by atoms with Crippen molar-refractivity contribution in [3.05, 3.63) is 53.1 Å². The standard InChI is InChI=1S/C18H21ClN2O3/c1-12(14-6-4-5-7-15(14)19)20-11-18(22)21-16-10-13(23-2)8-9-17(16)24-3/h4-10,12,20H,11H2,1-3H3,(H,21,22)/p+1/t12-/m1/s1. The van der Waals surface area contributed by atoms with Gasteiger partial charge < -0.3 is 20.1 Å². The second-order valence-corrected chi connectivity index (χ2v) is 5.77. The number of quaternary nitrogens is 1. The Kier molecular flexibility index (Phi) is 6.46. The summed E-state index contributed by atoms with van der Waals surface area (Å²) in [5.41, 5.74) is 1.59. The van der Waals surface area contributed by atoms with E-state index in [-0.39, 0.29) is 18.5 Å². The van der Waals surface area contributed by atoms with Crippen LogP contribution < -0.4 is 20.1 Å². The van der Waals surface area contributed by atoms with E-state index in [2.05, 4.69) is 5.32 Å². The van der Waals surface area contributed by atoms with E-state index >= 15 is 0 Å². The third-order valence-electron chi connectivity index (χ3n) is 3.73. The molecule has 128 valence electrons. The highest BCUT2D eigenvalue weighted by atomic mass is 35.5. The number of nitrogens with two attached hydrogens (primary N) is 1. The summed E-state index contributed by atoms with van der Waals surface area (Å²) in [4.78, 5) is 12.2. The Hall–Kier alpha value is -2.24. The highest BCUT2D eigenvalue weighted by molar-refractivity contribution is 6.31. The molecular weight excluding hydrogens is 328 g/mol. The van der Waals surface area contributed by atoms with Crippen LogP contribution in [0.25, 0.3) is 0 Å². The zero-order chi connectivity index (χ0) is 17.5. The molecule has 3 N–H and O–H groups in total. The second-order valence-electron chi connectivity index (χ2n) is 5.36. The van der Waals surface area contributed by atoms with Crippen LogP contribution in [0.2, 0.25) is 5.02 Å². The largest absolute Gasteiger partial charge is 0.497 e. The summed E-state index contributed by atoms with van der Waals surface area (Å²) in [6.07, 6.45) is 0. The van der Waals surface area contributed by atoms with Crippen molar-refractivity contribution < 1.29 is 19.6 Å². The third kappa shape index (κ3) is 4.63. The predicted octanol–water partition coefficient (Wildman–Crippen LogP) is 2.62. The van der Waals surface area contributed by atoms with E-state index in [0.717, 1.165) is 5.56 Å². The van der Waals surface area contributed by atoms with Crippen molar-refractivity contribution in [2.24, 2.45) is 0 Å². The van der Waals surface area contributed by atoms with Crippen LogP contribution in [0.3, 0.4) is 0 Å². The van der Waals surface area contributed by atoms with E-state index in [1.54, 1.807) is 32.4 Å². The maximum absolute atomic E-state index is 12.2. The third-order valence-corrected chi connectivity index (χ3v) is 4.08. The Morgan fingerprint density at radius 2 is 1.96 bits per heavy atom. The van der Waals surface area contributed by atoms with Crippen LogP contribution in [-0.4, -0.2) is 26.7 Å². The molecule has 0 bridgehead atoms. The number of nitrogens with one attached hydrogen (secondary N) is 1. The summed E-state index contributed by atoms with van der Waals surface area (Å²) in [5.74, 6) is 1.11. The van der Waals surface area contributed by atoms with Crippen molar-refractivity contribution in [3.63, 3.8) is 0 Å². The summed E-state index contributed by atoms with van der Waals surface area (Å²) in [6, 6.07) is 13.0. The molecule has 2 aromatic carbocycles. The van der Waals surface area contributed by atoms with Gasteiger partial charge in [0.15, 0.2) is 6.54 Å². The van der Waals surface area contributed by atoms with Crippen molar-refractivity contribution >= 4 is 23.2 Å². The molecule has 0 aromatic heterocycles. The van der Waals surface area contributed by atoms with Gasteiger partial charge in [0.25, 0.3) is 5.91 Å². The number of anilines is 1. The fraction of sp³-hybridized carbons (Fsp3) is 0.278. The van der Waals surface area contributed by atoms with E-state index in [9.17, 15) is 4.79 Å². The molecular formula is C18H22ClN2O3+. The molecule has 0 radical (unpaired) electrons. The summed E-state index contributed by atoms with van der Waals surface area (Å²) in [5, 5.41) is 5.49. The number of carbonyl (C=O) groups excluding carboxylic acids is 1. The number of hydrogen-bond acceptors (Lipinski definition) is 3. The first-order valence-corrected chi connectivity index (χ1v) is 8.02. The van der Waals surface area contributed by atoms with Gasteiger partial charge in [-0.3, -0.25) is 4.79 Å². The van der Waals surface area contributed by atoms with Gasteiger partial charge in [-0.1, -0.05) is 29.8 Å². The van der Waals surface area contributed by atoms with Crippen LogP contribution in [0.1, 0.15) is 18.5 Å². The molecule has 5 nitrogen and oxygen atoms in total. The number of carbonyl (C=O) groups is 1. The lowest BCUT2D eigenvalue weighted by Gasteiger charge is -2.14. The molecule has 24 heavy (non-hydrogen) atoms. The Bertz CT molecular complexity index is 706. The topological polar surface area (TPSA) is 64.2 Å². The van der Waals surface area contributed by atoms with E-state index in [0.29, 0.717) is 22.2 Å². The summed E-state index contributed by atoms with van der Waals surface area (Å²) in [6.45, 7) is 2.29. The first-order chi connectivity index (χ1) is 11.5. The van der Waals surface area contributed by atoms with Crippen LogP contribution in [-0.2, 0) is 4.79 Å². The van der Waals surface area contributed by atoms with Crippen molar-refractivity contribution in [2.45, 2.75) is 13.0 Å². The summed E-state index contributed by atoms with van der Waals surface area (Å²) in [7, 11) is 3.13. The lowest BCUT2D eigenvalue weighted by atomic mass is 10.1. The Morgan fingerprint density at radius 1 is 1.21 bits per heavy atom. The van der Waals surface area contributed by atoms with Crippen molar-refractivity contribution in [3.8, 4) is 11.5 Å². The zero-order valence-corrected chi connectivity index (χ0v) is 14.8. The van der Waals surface area contributed by atoms with Crippen LogP contribution in [0, 0.1) is 0 Å². The van der Waals surface area contributed by atoms with E-state index in [4.69, 9.17) is 21.1 Å². The highest BCUT2D eigenvalue weighted by Gasteiger charge is 2.15. The van der Waals surface area contributed by atoms with Gasteiger partial charge in [-0.25, -0.2) is 0 Å². The van der Waals surface area contributed by atoms with Crippen LogP contribution in [0.15, 0.2) is 42.5 Å². The molecule has 1 amide bonds. The number of halogens is 1. The van der Waals surface area contributed by atoms with Gasteiger partial charge in [0.2, 0.25) is 0 Å². The smallest absolute Gasteiger partial charge is 0.279 e. The first kappa shape index (κ1) is 18.1. The Labute approximate surface area is 146 Å². The molecule has 0 fully saturated rings. The summed E-state index contributed by atoms with van der Waals surface area (Å²) >= 11 is 6.19. The van der Waals surface area contributed by atoms with Crippen molar-refractivity contribution in [1.82, 2.24) is 0 Å². The van der Waals surface area contributed by atoms with Crippen LogP contribution in [0.4, 0.5) is 5.69 Å². The molecule has 0 heterocycles. The molecule has 0 saturated carbocycles. The molecule has 2 aromatic rings. The Balaban J connectivity index is 1.97. The molecule has 2 rings (SSSR count). The van der Waals surface area contributed by atoms with E-state index < -0.39 is 0 Å². The minimum atomic E-state index is -0.125. The van der Waals surface area contributed by atoms with Gasteiger partial charge in [-0.15, -0.1) is 0 Å². The van der Waals surface area contributed by atoms with Crippen molar-refractivity contribution in [1.29, 1.82) is 0 Å². The van der Waals surface area contributed by atoms with Crippen LogP contribution in [0.5, 0.6) is 11.5 Å². The van der Waals surface area contributed by atoms with E-state index in [1.807, 2.05) is 36.5 Å². The molecule has 0 spiro atoms. The first-order valence-electron chi connectivity index (χ1n) is 7.64. The zero-order valence-electron chi connectivity index (χ0n) is 14.0. The number of benzene rings is 2. The lowest BCUT2D eigenvalue weighted by molar-refractivity contribution is -0.682. The molecule has 0 aliphatic rings. The summed E-state index contributed by atoms with van der Waals surface area (Å²) < 4.78 is 10.4. The average Bonchev–Trinajstić information content (AvgIpc) is 2.60. The van der Waals surface area contributed by atoms with Crippen LogP contribution >= 0.6 is 11.6 Å². The number of methoxy groups -OCH3 is 2. The van der Waals surface area contributed by atoms with Gasteiger partial charge in [-0.2, -0.15) is 0 Å². The molecule has 0 aliphatic heterocycles.